The molecule has 0 bridgehead atoms. The number of non-ortho nitro benzene ring substituents is 1. The first-order valence-electron chi connectivity index (χ1n) is 14.0. The van der Waals surface area contributed by atoms with Gasteiger partial charge in [-0.1, -0.05) is 18.2 Å². The van der Waals surface area contributed by atoms with E-state index < -0.39 is 28.7 Å². The van der Waals surface area contributed by atoms with Crippen molar-refractivity contribution in [2.45, 2.75) is 6.92 Å². The highest BCUT2D eigenvalue weighted by molar-refractivity contribution is 6.05. The predicted molar refractivity (Wildman–Crippen MR) is 175 cm³/mol. The summed E-state index contributed by atoms with van der Waals surface area (Å²) in [5.74, 6) is -1.61. The number of hydrogen-bond acceptors (Lipinski definition) is 11. The summed E-state index contributed by atoms with van der Waals surface area (Å²) in [5, 5.41) is 17.6. The monoisotopic (exact) mass is 652 g/mol. The maximum Gasteiger partial charge on any atom is 0.336 e. The first-order chi connectivity index (χ1) is 23.1. The molecular formula is C34H28N4O10. The number of nitrogens with zero attached hydrogens (tertiary/aromatic N) is 2. The lowest BCUT2D eigenvalue weighted by atomic mass is 10.1. The average Bonchev–Trinajstić information content (AvgIpc) is 3.08. The van der Waals surface area contributed by atoms with E-state index in [-0.39, 0.29) is 39.8 Å². The number of benzene rings is 4. The highest BCUT2D eigenvalue weighted by Gasteiger charge is 2.14. The summed E-state index contributed by atoms with van der Waals surface area (Å²) in [4.78, 5) is 59.6. The van der Waals surface area contributed by atoms with E-state index in [0.29, 0.717) is 16.8 Å². The van der Waals surface area contributed by atoms with Crippen LogP contribution in [-0.4, -0.2) is 49.1 Å². The molecule has 0 aliphatic carbocycles. The SMILES string of the molecule is COc1cc(C(=O)Nc2cccc(C(=O)NN=Cc3ccc(OC(=O)/C=C/c4cccc([N+](=O)[O-])c4)c(OC)c3)c2)ccc1OC(C)=O. The van der Waals surface area contributed by atoms with Crippen LogP contribution in [0.2, 0.25) is 0 Å². The Morgan fingerprint density at radius 3 is 2.17 bits per heavy atom. The number of anilines is 1. The fraction of sp³-hybridized carbons (Fsp3) is 0.0882. The van der Waals surface area contributed by atoms with Crippen LogP contribution in [0, 0.1) is 10.1 Å². The lowest BCUT2D eigenvalue weighted by Crippen LogP contribution is -2.18. The molecule has 0 saturated heterocycles. The highest BCUT2D eigenvalue weighted by Crippen LogP contribution is 2.29. The number of nitrogens with one attached hydrogen (secondary N) is 2. The molecular weight excluding hydrogens is 624 g/mol. The van der Waals surface area contributed by atoms with Gasteiger partial charge in [0.15, 0.2) is 23.0 Å². The Morgan fingerprint density at radius 1 is 0.750 bits per heavy atom. The van der Waals surface area contributed by atoms with Crippen LogP contribution in [-0.2, 0) is 9.59 Å². The molecule has 0 unspecified atom stereocenters. The van der Waals surface area contributed by atoms with Gasteiger partial charge in [0.2, 0.25) is 0 Å². The van der Waals surface area contributed by atoms with Crippen molar-refractivity contribution in [2.75, 3.05) is 19.5 Å². The number of amides is 2. The number of ether oxygens (including phenoxy) is 4. The predicted octanol–water partition coefficient (Wildman–Crippen LogP) is 5.17. The summed E-state index contributed by atoms with van der Waals surface area (Å²) in [7, 11) is 2.76. The zero-order valence-corrected chi connectivity index (χ0v) is 25.8. The van der Waals surface area contributed by atoms with Crippen LogP contribution < -0.4 is 29.7 Å². The zero-order chi connectivity index (χ0) is 34.6. The Kier molecular flexibility index (Phi) is 11.3. The van der Waals surface area contributed by atoms with E-state index >= 15 is 0 Å². The third-order valence-electron chi connectivity index (χ3n) is 6.33. The molecule has 14 nitrogen and oxygen atoms in total. The summed E-state index contributed by atoms with van der Waals surface area (Å²) < 4.78 is 20.9. The number of esters is 2. The first-order valence-corrected chi connectivity index (χ1v) is 14.0. The third kappa shape index (κ3) is 9.34. The first kappa shape index (κ1) is 34.1. The molecule has 0 saturated carbocycles. The van der Waals surface area contributed by atoms with Crippen molar-refractivity contribution in [3.05, 3.63) is 123 Å². The molecule has 4 aromatic carbocycles. The van der Waals surface area contributed by atoms with Gasteiger partial charge in [-0.3, -0.25) is 24.5 Å². The van der Waals surface area contributed by atoms with Gasteiger partial charge < -0.3 is 24.3 Å². The Hall–Kier alpha value is -6.83. The highest BCUT2D eigenvalue weighted by atomic mass is 16.6. The number of hydrazone groups is 1. The molecule has 48 heavy (non-hydrogen) atoms. The van der Waals surface area contributed by atoms with Crippen LogP contribution in [0.15, 0.2) is 96.1 Å². The van der Waals surface area contributed by atoms with Gasteiger partial charge >= 0.3 is 11.9 Å². The Morgan fingerprint density at radius 2 is 1.44 bits per heavy atom. The minimum atomic E-state index is -0.733. The van der Waals surface area contributed by atoms with E-state index in [9.17, 15) is 29.3 Å². The molecule has 4 aromatic rings. The van der Waals surface area contributed by atoms with Gasteiger partial charge in [-0.05, 0) is 71.8 Å². The summed E-state index contributed by atoms with van der Waals surface area (Å²) >= 11 is 0. The molecule has 244 valence electrons. The van der Waals surface area contributed by atoms with Crippen LogP contribution >= 0.6 is 0 Å². The number of carbonyl (C=O) groups excluding carboxylic acids is 4. The van der Waals surface area contributed by atoms with E-state index in [1.54, 1.807) is 24.3 Å². The molecule has 0 heterocycles. The summed E-state index contributed by atoms with van der Waals surface area (Å²) in [6.07, 6.45) is 3.87. The van der Waals surface area contributed by atoms with Crippen LogP contribution in [0.3, 0.4) is 0 Å². The largest absolute Gasteiger partial charge is 0.493 e. The van der Waals surface area contributed by atoms with Crippen LogP contribution in [0.1, 0.15) is 38.8 Å². The lowest BCUT2D eigenvalue weighted by molar-refractivity contribution is -0.384. The number of methoxy groups -OCH3 is 2. The Bertz CT molecular complexity index is 1940. The molecule has 0 fully saturated rings. The Labute approximate surface area is 273 Å². The molecule has 0 radical (unpaired) electrons. The van der Waals surface area contributed by atoms with Gasteiger partial charge in [-0.25, -0.2) is 10.2 Å². The van der Waals surface area contributed by atoms with Crippen molar-refractivity contribution in [1.82, 2.24) is 5.43 Å². The van der Waals surface area contributed by atoms with Gasteiger partial charge in [-0.15, -0.1) is 0 Å². The summed E-state index contributed by atoms with van der Waals surface area (Å²) in [6.45, 7) is 1.25. The second kappa shape index (κ2) is 15.9. The van der Waals surface area contributed by atoms with Gasteiger partial charge in [-0.2, -0.15) is 5.10 Å². The van der Waals surface area contributed by atoms with Crippen molar-refractivity contribution in [3.8, 4) is 23.0 Å². The molecule has 14 heteroatoms. The average molecular weight is 653 g/mol. The van der Waals surface area contributed by atoms with Gasteiger partial charge in [0.05, 0.1) is 25.4 Å². The van der Waals surface area contributed by atoms with Crippen molar-refractivity contribution < 1.29 is 43.0 Å². The van der Waals surface area contributed by atoms with E-state index in [2.05, 4.69) is 15.8 Å². The fourth-order valence-corrected chi connectivity index (χ4v) is 4.12. The fourth-order valence-electron chi connectivity index (χ4n) is 4.12. The van der Waals surface area contributed by atoms with Gasteiger partial charge in [0.25, 0.3) is 17.5 Å². The standard InChI is InChI=1S/C34H28N4O10/c1-21(39)47-28-14-12-25(19-31(28)46-3)33(41)36-26-8-5-7-24(18-26)34(42)37-35-20-23-10-13-29(30(17-23)45-2)48-32(40)15-11-22-6-4-9-27(16-22)38(43)44/h4-20H,1-3H3,(H,36,41)(H,37,42)/b15-11+,35-20?. The molecule has 2 N–H and O–H groups in total. The summed E-state index contributed by atoms with van der Waals surface area (Å²) in [6, 6.07) is 20.9. The van der Waals surface area contributed by atoms with Crippen LogP contribution in [0.5, 0.6) is 23.0 Å². The smallest absolute Gasteiger partial charge is 0.336 e. The molecule has 0 atom stereocenters. The van der Waals surface area contributed by atoms with E-state index in [1.807, 2.05) is 0 Å². The minimum absolute atomic E-state index is 0.109. The zero-order valence-electron chi connectivity index (χ0n) is 25.8. The molecule has 0 spiro atoms. The molecule has 4 rings (SSSR count). The number of carbonyl (C=O) groups is 4. The van der Waals surface area contributed by atoms with E-state index in [0.717, 1.165) is 6.08 Å². The second-order valence-electron chi connectivity index (χ2n) is 9.71. The number of rotatable bonds is 12. The van der Waals surface area contributed by atoms with Crippen LogP contribution in [0.4, 0.5) is 11.4 Å². The number of nitro groups is 1. The van der Waals surface area contributed by atoms with Crippen molar-refractivity contribution in [3.63, 3.8) is 0 Å². The number of hydrogen-bond donors (Lipinski definition) is 2. The molecule has 0 aliphatic heterocycles. The van der Waals surface area contributed by atoms with Gasteiger partial charge in [0.1, 0.15) is 0 Å². The molecule has 0 aromatic heterocycles. The molecule has 0 aliphatic rings. The quantitative estimate of drug-likeness (QED) is 0.0517. The maximum atomic E-state index is 12.8. The van der Waals surface area contributed by atoms with Gasteiger partial charge in [0, 0.05) is 41.9 Å². The minimum Gasteiger partial charge on any atom is -0.493 e. The maximum absolute atomic E-state index is 12.8. The normalized spacial score (nSPS) is 10.7. The molecule has 2 amide bonds. The second-order valence-corrected chi connectivity index (χ2v) is 9.71. The number of nitro benzene ring substituents is 1. The van der Waals surface area contributed by atoms with E-state index in [4.69, 9.17) is 18.9 Å². The van der Waals surface area contributed by atoms with E-state index in [1.165, 1.54) is 94.1 Å². The van der Waals surface area contributed by atoms with Crippen molar-refractivity contribution >= 4 is 47.4 Å². The lowest BCUT2D eigenvalue weighted by Gasteiger charge is -2.11. The topological polar surface area (TPSA) is 185 Å². The van der Waals surface area contributed by atoms with Crippen molar-refractivity contribution in [2.24, 2.45) is 5.10 Å². The third-order valence-corrected chi connectivity index (χ3v) is 6.33. The van der Waals surface area contributed by atoms with Crippen LogP contribution in [0.25, 0.3) is 6.08 Å². The van der Waals surface area contributed by atoms with Crippen molar-refractivity contribution in [1.29, 1.82) is 0 Å². The summed E-state index contributed by atoms with van der Waals surface area (Å²) in [5.41, 5.74) is 4.04. The Balaban J connectivity index is 1.35.